The van der Waals surface area contributed by atoms with Crippen LogP contribution in [0.25, 0.3) is 0 Å². The van der Waals surface area contributed by atoms with Crippen molar-refractivity contribution in [1.29, 1.82) is 0 Å². The first-order chi connectivity index (χ1) is 9.02. The highest BCUT2D eigenvalue weighted by molar-refractivity contribution is 5.69. The van der Waals surface area contributed by atoms with E-state index in [-0.39, 0.29) is 24.1 Å². The molecule has 1 atom stereocenters. The smallest absolute Gasteiger partial charge is 0.333 e. The quantitative estimate of drug-likeness (QED) is 0.606. The lowest BCUT2D eigenvalue weighted by molar-refractivity contribution is -0.385. The fraction of sp³-hybridized carbons (Fsp3) is 0.538. The molecule has 1 aromatic rings. The third-order valence-electron chi connectivity index (χ3n) is 2.93. The van der Waals surface area contributed by atoms with Crippen LogP contribution in [0.2, 0.25) is 0 Å². The molecular weight excluding hydrogens is 248 g/mol. The monoisotopic (exact) mass is 268 g/mol. The number of rotatable bonds is 7. The summed E-state index contributed by atoms with van der Waals surface area (Å²) in [6, 6.07) is 4.76. The molecule has 19 heavy (non-hydrogen) atoms. The Morgan fingerprint density at radius 2 is 2.21 bits per heavy atom. The Morgan fingerprint density at radius 1 is 1.53 bits per heavy atom. The maximum atomic E-state index is 11.3. The van der Waals surface area contributed by atoms with Gasteiger partial charge in [0.05, 0.1) is 18.1 Å². The second-order valence-electron chi connectivity index (χ2n) is 4.37. The molecule has 0 aliphatic carbocycles. The Morgan fingerprint density at radius 3 is 2.74 bits per heavy atom. The van der Waals surface area contributed by atoms with E-state index in [1.54, 1.807) is 37.1 Å². The van der Waals surface area contributed by atoms with E-state index in [0.717, 1.165) is 6.42 Å². The lowest BCUT2D eigenvalue weighted by Crippen LogP contribution is -2.32. The molecule has 1 aromatic carbocycles. The summed E-state index contributed by atoms with van der Waals surface area (Å²) in [4.78, 5) is 12.5. The van der Waals surface area contributed by atoms with E-state index in [1.807, 2.05) is 6.92 Å². The van der Waals surface area contributed by atoms with Crippen LogP contribution in [0.5, 0.6) is 5.75 Å². The van der Waals surface area contributed by atoms with E-state index >= 15 is 0 Å². The summed E-state index contributed by atoms with van der Waals surface area (Å²) in [5.74, 6) is 0.265. The van der Waals surface area contributed by atoms with Crippen LogP contribution in [0, 0.1) is 10.1 Å². The number of nitro groups is 1. The lowest BCUT2D eigenvalue weighted by atomic mass is 10.2. The van der Waals surface area contributed by atoms with Crippen LogP contribution in [-0.2, 0) is 0 Å². The van der Waals surface area contributed by atoms with Crippen LogP contribution in [0.15, 0.2) is 18.2 Å². The molecule has 1 unspecified atom stereocenters. The summed E-state index contributed by atoms with van der Waals surface area (Å²) < 4.78 is 5.42. The van der Waals surface area contributed by atoms with Crippen molar-refractivity contribution >= 4 is 11.4 Å². The van der Waals surface area contributed by atoms with Crippen molar-refractivity contribution in [2.75, 3.05) is 25.2 Å². The summed E-state index contributed by atoms with van der Waals surface area (Å²) in [6.45, 7) is 4.09. The molecule has 6 nitrogen and oxygen atoms in total. The maximum absolute atomic E-state index is 11.3. The van der Waals surface area contributed by atoms with Crippen LogP contribution in [0.1, 0.15) is 20.3 Å². The molecule has 0 radical (unpaired) electrons. The van der Waals surface area contributed by atoms with E-state index < -0.39 is 4.92 Å². The van der Waals surface area contributed by atoms with Crippen LogP contribution in [0.3, 0.4) is 0 Å². The number of aliphatic hydroxyl groups is 1. The molecule has 0 aliphatic rings. The molecule has 106 valence electrons. The molecule has 1 rings (SSSR count). The second-order valence-corrected chi connectivity index (χ2v) is 4.37. The number of ether oxygens (including phenoxy) is 1. The summed E-state index contributed by atoms with van der Waals surface area (Å²) in [5.41, 5.74) is 0.388. The number of hydrogen-bond acceptors (Lipinski definition) is 5. The summed E-state index contributed by atoms with van der Waals surface area (Å²) in [6.07, 6.45) is 0.782. The van der Waals surface area contributed by atoms with Gasteiger partial charge in [-0.1, -0.05) is 13.0 Å². The van der Waals surface area contributed by atoms with Gasteiger partial charge >= 0.3 is 5.69 Å². The first-order valence-corrected chi connectivity index (χ1v) is 6.26. The molecule has 0 aromatic heterocycles. The zero-order valence-electron chi connectivity index (χ0n) is 11.5. The Hall–Kier alpha value is -1.82. The van der Waals surface area contributed by atoms with Crippen molar-refractivity contribution in [3.63, 3.8) is 0 Å². The number of nitro benzene ring substituents is 1. The zero-order chi connectivity index (χ0) is 14.4. The van der Waals surface area contributed by atoms with Crippen molar-refractivity contribution in [3.05, 3.63) is 28.3 Å². The minimum absolute atomic E-state index is 0.0567. The number of anilines is 1. The normalized spacial score (nSPS) is 12.0. The van der Waals surface area contributed by atoms with Crippen molar-refractivity contribution in [3.8, 4) is 5.75 Å². The SMILES string of the molecule is CCCOc1cccc(N(C)C(C)CO)c1[N+](=O)[O-]. The Balaban J connectivity index is 3.19. The molecule has 0 saturated heterocycles. The van der Waals surface area contributed by atoms with Gasteiger partial charge in [-0.25, -0.2) is 0 Å². The van der Waals surface area contributed by atoms with Gasteiger partial charge in [-0.3, -0.25) is 10.1 Å². The molecular formula is C13H20N2O4. The minimum Gasteiger partial charge on any atom is -0.487 e. The predicted octanol–water partition coefficient (Wildman–Crippen LogP) is 2.20. The number of benzene rings is 1. The third kappa shape index (κ3) is 3.57. The van der Waals surface area contributed by atoms with E-state index in [9.17, 15) is 10.1 Å². The Bertz CT molecular complexity index is 437. The summed E-state index contributed by atoms with van der Waals surface area (Å²) in [7, 11) is 1.72. The Labute approximate surface area is 112 Å². The maximum Gasteiger partial charge on any atom is 0.333 e. The zero-order valence-corrected chi connectivity index (χ0v) is 11.5. The third-order valence-corrected chi connectivity index (χ3v) is 2.93. The molecule has 0 heterocycles. The van der Waals surface area contributed by atoms with Gasteiger partial charge in [-0.15, -0.1) is 0 Å². The fourth-order valence-corrected chi connectivity index (χ4v) is 1.67. The highest BCUT2D eigenvalue weighted by Gasteiger charge is 2.25. The van der Waals surface area contributed by atoms with E-state index in [2.05, 4.69) is 0 Å². The molecule has 0 saturated carbocycles. The standard InChI is InChI=1S/C13H20N2O4/c1-4-8-19-12-7-5-6-11(13(12)15(17)18)14(3)10(2)9-16/h5-7,10,16H,4,8-9H2,1-3H3. The number of aliphatic hydroxyl groups excluding tert-OH is 1. The van der Waals surface area contributed by atoms with Crippen LogP contribution >= 0.6 is 0 Å². The largest absolute Gasteiger partial charge is 0.487 e. The number of likely N-dealkylation sites (N-methyl/N-ethyl adjacent to an activating group) is 1. The number of para-hydroxylation sites is 1. The number of hydrogen-bond donors (Lipinski definition) is 1. The van der Waals surface area contributed by atoms with Crippen molar-refractivity contribution in [2.45, 2.75) is 26.3 Å². The van der Waals surface area contributed by atoms with Crippen LogP contribution in [-0.4, -0.2) is 36.3 Å². The van der Waals surface area contributed by atoms with E-state index in [1.165, 1.54) is 0 Å². The van der Waals surface area contributed by atoms with Gasteiger partial charge in [-0.2, -0.15) is 0 Å². The molecule has 1 N–H and O–H groups in total. The van der Waals surface area contributed by atoms with Gasteiger partial charge < -0.3 is 14.7 Å². The van der Waals surface area contributed by atoms with E-state index in [4.69, 9.17) is 9.84 Å². The number of nitrogens with zero attached hydrogens (tertiary/aromatic N) is 2. The van der Waals surface area contributed by atoms with Gasteiger partial charge in [0.2, 0.25) is 0 Å². The van der Waals surface area contributed by atoms with Gasteiger partial charge in [-0.05, 0) is 25.5 Å². The van der Waals surface area contributed by atoms with Crippen LogP contribution in [0.4, 0.5) is 11.4 Å². The second kappa shape index (κ2) is 6.94. The average molecular weight is 268 g/mol. The van der Waals surface area contributed by atoms with Gasteiger partial charge in [0.15, 0.2) is 5.75 Å². The Kier molecular flexibility index (Phi) is 5.57. The highest BCUT2D eigenvalue weighted by atomic mass is 16.6. The van der Waals surface area contributed by atoms with Crippen molar-refractivity contribution in [2.24, 2.45) is 0 Å². The molecule has 0 bridgehead atoms. The predicted molar refractivity (Wildman–Crippen MR) is 73.8 cm³/mol. The highest BCUT2D eigenvalue weighted by Crippen LogP contribution is 2.37. The average Bonchev–Trinajstić information content (AvgIpc) is 2.42. The fourth-order valence-electron chi connectivity index (χ4n) is 1.67. The van der Waals surface area contributed by atoms with Crippen molar-refractivity contribution in [1.82, 2.24) is 0 Å². The van der Waals surface area contributed by atoms with Gasteiger partial charge in [0, 0.05) is 13.1 Å². The van der Waals surface area contributed by atoms with E-state index in [0.29, 0.717) is 12.3 Å². The minimum atomic E-state index is -0.444. The molecule has 0 amide bonds. The summed E-state index contributed by atoms with van der Waals surface area (Å²) >= 11 is 0. The first kappa shape index (κ1) is 15.2. The molecule has 0 fully saturated rings. The molecule has 6 heteroatoms. The topological polar surface area (TPSA) is 75.8 Å². The first-order valence-electron chi connectivity index (χ1n) is 6.26. The molecule has 0 spiro atoms. The van der Waals surface area contributed by atoms with Gasteiger partial charge in [0.1, 0.15) is 5.69 Å². The van der Waals surface area contributed by atoms with Gasteiger partial charge in [0.25, 0.3) is 0 Å². The van der Waals surface area contributed by atoms with Crippen LogP contribution < -0.4 is 9.64 Å². The lowest BCUT2D eigenvalue weighted by Gasteiger charge is -2.25. The van der Waals surface area contributed by atoms with Crippen molar-refractivity contribution < 1.29 is 14.8 Å². The molecule has 0 aliphatic heterocycles. The summed E-state index contributed by atoms with van der Waals surface area (Å²) in [5, 5.41) is 20.4.